The van der Waals surface area contributed by atoms with E-state index in [2.05, 4.69) is 16.0 Å². The van der Waals surface area contributed by atoms with E-state index >= 15 is 0 Å². The van der Waals surface area contributed by atoms with Crippen LogP contribution in [0.2, 0.25) is 0 Å². The number of hydrogen-bond acceptors (Lipinski definition) is 3. The molecule has 0 unspecified atom stereocenters. The molecule has 2 aromatic carbocycles. The van der Waals surface area contributed by atoms with E-state index < -0.39 is 0 Å². The lowest BCUT2D eigenvalue weighted by Crippen LogP contribution is -2.19. The van der Waals surface area contributed by atoms with Crippen LogP contribution < -0.4 is 16.0 Å². The van der Waals surface area contributed by atoms with Gasteiger partial charge in [0, 0.05) is 23.1 Å². The summed E-state index contributed by atoms with van der Waals surface area (Å²) in [6, 6.07) is 19.1. The van der Waals surface area contributed by atoms with Crippen molar-refractivity contribution in [1.29, 1.82) is 0 Å². The molecule has 0 radical (unpaired) electrons. The zero-order valence-corrected chi connectivity index (χ0v) is 13.8. The summed E-state index contributed by atoms with van der Waals surface area (Å²) in [5.74, 6) is 0.327. The third kappa shape index (κ3) is 5.10. The number of furan rings is 1. The van der Waals surface area contributed by atoms with E-state index in [1.165, 1.54) is 12.3 Å². The van der Waals surface area contributed by atoms with Crippen LogP contribution in [0.5, 0.6) is 0 Å². The predicted octanol–water partition coefficient (Wildman–Crippen LogP) is 4.58. The minimum absolute atomic E-state index is 0.274. The van der Waals surface area contributed by atoms with Crippen LogP contribution in [0.3, 0.4) is 0 Å². The number of carbonyl (C=O) groups excluding carboxylic acids is 2. The maximum absolute atomic E-state index is 11.9. The van der Waals surface area contributed by atoms with Gasteiger partial charge in [-0.25, -0.2) is 4.79 Å². The van der Waals surface area contributed by atoms with Crippen molar-refractivity contribution in [1.82, 2.24) is 0 Å². The fraction of sp³-hybridized carbons (Fsp3) is 0. The summed E-state index contributed by atoms with van der Waals surface area (Å²) in [6.45, 7) is 0. The molecule has 0 saturated carbocycles. The molecular formula is C20H17N3O3. The smallest absolute Gasteiger partial charge is 0.323 e. The zero-order valence-electron chi connectivity index (χ0n) is 13.8. The Labute approximate surface area is 150 Å². The molecule has 26 heavy (non-hydrogen) atoms. The SMILES string of the molecule is O=C(/C=C/c1ccco1)Nc1ccc(NC(=O)Nc2ccccc2)cc1. The van der Waals surface area contributed by atoms with Gasteiger partial charge in [0.25, 0.3) is 0 Å². The van der Waals surface area contributed by atoms with Gasteiger partial charge in [0.1, 0.15) is 5.76 Å². The molecule has 0 spiro atoms. The second-order valence-electron chi connectivity index (χ2n) is 5.36. The Kier molecular flexibility index (Phi) is 5.47. The van der Waals surface area contributed by atoms with Gasteiger partial charge >= 0.3 is 6.03 Å². The second kappa shape index (κ2) is 8.34. The summed E-state index contributed by atoms with van der Waals surface area (Å²) in [5.41, 5.74) is 1.94. The first-order valence-electron chi connectivity index (χ1n) is 7.95. The van der Waals surface area contributed by atoms with Gasteiger partial charge in [-0.15, -0.1) is 0 Å². The van der Waals surface area contributed by atoms with Crippen molar-refractivity contribution >= 4 is 35.1 Å². The third-order valence-corrected chi connectivity index (χ3v) is 3.38. The number of amides is 3. The standard InChI is InChI=1S/C20H17N3O3/c24-19(13-12-18-7-4-14-26-18)21-16-8-10-17(11-9-16)23-20(25)22-15-5-2-1-3-6-15/h1-14H,(H,21,24)(H2,22,23,25)/b13-12+. The zero-order chi connectivity index (χ0) is 18.2. The van der Waals surface area contributed by atoms with Crippen molar-refractivity contribution in [2.75, 3.05) is 16.0 Å². The Hall–Kier alpha value is -3.80. The molecule has 130 valence electrons. The highest BCUT2D eigenvalue weighted by Crippen LogP contribution is 2.14. The Morgan fingerprint density at radius 2 is 1.35 bits per heavy atom. The fourth-order valence-electron chi connectivity index (χ4n) is 2.18. The normalized spacial score (nSPS) is 10.5. The molecule has 0 bridgehead atoms. The quantitative estimate of drug-likeness (QED) is 0.591. The van der Waals surface area contributed by atoms with Crippen molar-refractivity contribution < 1.29 is 14.0 Å². The predicted molar refractivity (Wildman–Crippen MR) is 102 cm³/mol. The Bertz CT molecular complexity index is 886. The molecule has 0 aliphatic heterocycles. The molecule has 0 aliphatic carbocycles. The molecule has 0 saturated heterocycles. The highest BCUT2D eigenvalue weighted by molar-refractivity contribution is 6.02. The first-order valence-corrected chi connectivity index (χ1v) is 7.95. The van der Waals surface area contributed by atoms with Crippen molar-refractivity contribution in [2.45, 2.75) is 0 Å². The van der Waals surface area contributed by atoms with Gasteiger partial charge in [-0.05, 0) is 54.6 Å². The van der Waals surface area contributed by atoms with Crippen LogP contribution in [0.25, 0.3) is 6.08 Å². The van der Waals surface area contributed by atoms with E-state index in [-0.39, 0.29) is 11.9 Å². The number of hydrogen-bond donors (Lipinski definition) is 3. The number of carbonyl (C=O) groups is 2. The monoisotopic (exact) mass is 347 g/mol. The molecule has 1 heterocycles. The summed E-state index contributed by atoms with van der Waals surface area (Å²) in [4.78, 5) is 23.8. The lowest BCUT2D eigenvalue weighted by molar-refractivity contribution is -0.111. The Morgan fingerprint density at radius 1 is 0.731 bits per heavy atom. The number of para-hydroxylation sites is 1. The first-order chi connectivity index (χ1) is 12.7. The summed E-state index contributed by atoms with van der Waals surface area (Å²) in [5, 5.41) is 8.18. The molecule has 3 aromatic rings. The van der Waals surface area contributed by atoms with Gasteiger partial charge in [0.05, 0.1) is 6.26 Å². The van der Waals surface area contributed by atoms with Crippen LogP contribution in [0.15, 0.2) is 83.5 Å². The van der Waals surface area contributed by atoms with Gasteiger partial charge in [0.15, 0.2) is 0 Å². The van der Waals surface area contributed by atoms with Crippen LogP contribution in [-0.4, -0.2) is 11.9 Å². The van der Waals surface area contributed by atoms with E-state index in [0.717, 1.165) is 0 Å². The van der Waals surface area contributed by atoms with Crippen LogP contribution in [0, 0.1) is 0 Å². The minimum atomic E-state index is -0.339. The third-order valence-electron chi connectivity index (χ3n) is 3.38. The van der Waals surface area contributed by atoms with Crippen LogP contribution >= 0.6 is 0 Å². The molecule has 0 aliphatic rings. The number of anilines is 3. The lowest BCUT2D eigenvalue weighted by Gasteiger charge is -2.08. The summed E-state index contributed by atoms with van der Waals surface area (Å²) >= 11 is 0. The van der Waals surface area contributed by atoms with Gasteiger partial charge in [-0.2, -0.15) is 0 Å². The van der Waals surface area contributed by atoms with Crippen LogP contribution in [0.4, 0.5) is 21.9 Å². The highest BCUT2D eigenvalue weighted by atomic mass is 16.3. The number of nitrogens with one attached hydrogen (secondary N) is 3. The lowest BCUT2D eigenvalue weighted by atomic mass is 10.2. The van der Waals surface area contributed by atoms with Gasteiger partial charge < -0.3 is 20.4 Å². The van der Waals surface area contributed by atoms with Crippen LogP contribution in [-0.2, 0) is 4.79 Å². The highest BCUT2D eigenvalue weighted by Gasteiger charge is 2.03. The Morgan fingerprint density at radius 3 is 1.96 bits per heavy atom. The van der Waals surface area contributed by atoms with Crippen molar-refractivity contribution in [3.8, 4) is 0 Å². The number of urea groups is 1. The van der Waals surface area contributed by atoms with Gasteiger partial charge in [-0.3, -0.25) is 4.79 Å². The minimum Gasteiger partial charge on any atom is -0.465 e. The van der Waals surface area contributed by atoms with Crippen LogP contribution in [0.1, 0.15) is 5.76 Å². The number of benzene rings is 2. The molecule has 0 fully saturated rings. The van der Waals surface area contributed by atoms with E-state index in [1.54, 1.807) is 54.6 Å². The molecule has 6 nitrogen and oxygen atoms in total. The molecule has 0 atom stereocenters. The maximum atomic E-state index is 11.9. The van der Waals surface area contributed by atoms with Gasteiger partial charge in [-0.1, -0.05) is 18.2 Å². The molecule has 3 amide bonds. The van der Waals surface area contributed by atoms with E-state index in [0.29, 0.717) is 22.8 Å². The largest absolute Gasteiger partial charge is 0.465 e. The molecular weight excluding hydrogens is 330 g/mol. The van der Waals surface area contributed by atoms with Gasteiger partial charge in [0.2, 0.25) is 5.91 Å². The second-order valence-corrected chi connectivity index (χ2v) is 5.36. The summed E-state index contributed by atoms with van der Waals surface area (Å²) in [6.07, 6.45) is 4.51. The van der Waals surface area contributed by atoms with E-state index in [1.807, 2.05) is 18.2 Å². The fourth-order valence-corrected chi connectivity index (χ4v) is 2.18. The Balaban J connectivity index is 1.51. The number of rotatable bonds is 5. The molecule has 3 N–H and O–H groups in total. The first kappa shape index (κ1) is 17.0. The summed E-state index contributed by atoms with van der Waals surface area (Å²) in [7, 11) is 0. The average Bonchev–Trinajstić information content (AvgIpc) is 3.16. The summed E-state index contributed by atoms with van der Waals surface area (Å²) < 4.78 is 5.12. The van der Waals surface area contributed by atoms with Crippen molar-refractivity contribution in [3.05, 3.63) is 84.8 Å². The molecule has 1 aromatic heterocycles. The maximum Gasteiger partial charge on any atom is 0.323 e. The topological polar surface area (TPSA) is 83.4 Å². The molecule has 3 rings (SSSR count). The van der Waals surface area contributed by atoms with Crippen molar-refractivity contribution in [2.24, 2.45) is 0 Å². The van der Waals surface area contributed by atoms with Crippen molar-refractivity contribution in [3.63, 3.8) is 0 Å². The average molecular weight is 347 g/mol. The van der Waals surface area contributed by atoms with E-state index in [4.69, 9.17) is 4.42 Å². The van der Waals surface area contributed by atoms with E-state index in [9.17, 15) is 9.59 Å². The molecule has 6 heteroatoms.